The van der Waals surface area contributed by atoms with Crippen molar-refractivity contribution in [3.63, 3.8) is 0 Å². The van der Waals surface area contributed by atoms with Crippen LogP contribution in [0.1, 0.15) is 4.88 Å². The van der Waals surface area contributed by atoms with E-state index in [1.165, 1.54) is 0 Å². The van der Waals surface area contributed by atoms with Crippen LogP contribution in [-0.4, -0.2) is 35.0 Å². The van der Waals surface area contributed by atoms with Crippen LogP contribution in [0.15, 0.2) is 40.3 Å². The largest absolute Gasteiger partial charge is 0.470 e. The Kier molecular flexibility index (Phi) is 4.03. The Morgan fingerprint density at radius 2 is 2.30 bits per heavy atom. The van der Waals surface area contributed by atoms with Gasteiger partial charge in [0.05, 0.1) is 24.0 Å². The van der Waals surface area contributed by atoms with E-state index in [2.05, 4.69) is 20.9 Å². The second kappa shape index (κ2) is 5.93. The van der Waals surface area contributed by atoms with Crippen molar-refractivity contribution < 1.29 is 9.53 Å². The van der Waals surface area contributed by atoms with Crippen LogP contribution in [0, 0.1) is 0 Å². The van der Waals surface area contributed by atoms with E-state index < -0.39 is 0 Å². The number of hydrogen-bond acceptors (Lipinski definition) is 4. The van der Waals surface area contributed by atoms with E-state index in [0.29, 0.717) is 25.4 Å². The molecule has 0 radical (unpaired) electrons. The molecule has 104 valence electrons. The van der Waals surface area contributed by atoms with Crippen LogP contribution in [0.4, 0.5) is 0 Å². The van der Waals surface area contributed by atoms with Gasteiger partial charge in [-0.25, -0.2) is 4.98 Å². The maximum atomic E-state index is 12.0. The molecule has 3 heterocycles. The maximum Gasteiger partial charge on any atom is 0.228 e. The molecule has 0 unspecified atom stereocenters. The van der Waals surface area contributed by atoms with Gasteiger partial charge >= 0.3 is 0 Å². The minimum absolute atomic E-state index is 0.0356. The first-order valence-electron chi connectivity index (χ1n) is 6.29. The van der Waals surface area contributed by atoms with Gasteiger partial charge in [-0.15, -0.1) is 11.3 Å². The van der Waals surface area contributed by atoms with Crippen molar-refractivity contribution in [3.8, 4) is 5.88 Å². The molecule has 0 spiro atoms. The molecule has 20 heavy (non-hydrogen) atoms. The van der Waals surface area contributed by atoms with E-state index in [1.807, 2.05) is 34.5 Å². The molecule has 0 bridgehead atoms. The Morgan fingerprint density at radius 3 is 3.00 bits per heavy atom. The second-order valence-corrected chi connectivity index (χ2v) is 6.47. The fourth-order valence-corrected chi connectivity index (χ4v) is 3.05. The number of pyridine rings is 1. The third kappa shape index (κ3) is 3.02. The lowest BCUT2D eigenvalue weighted by molar-refractivity contribution is -0.139. The summed E-state index contributed by atoms with van der Waals surface area (Å²) in [7, 11) is 0. The number of carbonyl (C=O) groups excluding carboxylic acids is 1. The quantitative estimate of drug-likeness (QED) is 0.849. The van der Waals surface area contributed by atoms with E-state index in [1.54, 1.807) is 17.5 Å². The molecule has 4 nitrogen and oxygen atoms in total. The van der Waals surface area contributed by atoms with Crippen LogP contribution in [0.2, 0.25) is 0 Å². The first kappa shape index (κ1) is 13.6. The topological polar surface area (TPSA) is 42.4 Å². The van der Waals surface area contributed by atoms with Crippen molar-refractivity contribution in [3.05, 3.63) is 45.2 Å². The van der Waals surface area contributed by atoms with Crippen molar-refractivity contribution in [2.24, 2.45) is 0 Å². The third-order valence-electron chi connectivity index (χ3n) is 3.11. The van der Waals surface area contributed by atoms with Crippen molar-refractivity contribution in [2.45, 2.75) is 12.5 Å². The van der Waals surface area contributed by atoms with Gasteiger partial charge in [0, 0.05) is 11.1 Å². The predicted molar refractivity (Wildman–Crippen MR) is 81.0 cm³/mol. The number of carbonyl (C=O) groups is 1. The molecule has 0 N–H and O–H groups in total. The molecule has 0 aromatic carbocycles. The van der Waals surface area contributed by atoms with Crippen molar-refractivity contribution in [1.82, 2.24) is 9.88 Å². The Bertz CT molecular complexity index is 597. The Balaban J connectivity index is 1.49. The number of amides is 1. The molecule has 1 aliphatic heterocycles. The Hall–Kier alpha value is -1.40. The third-order valence-corrected chi connectivity index (χ3v) is 4.59. The highest BCUT2D eigenvalue weighted by atomic mass is 79.9. The normalized spacial score (nSPS) is 14.9. The summed E-state index contributed by atoms with van der Waals surface area (Å²) < 4.78 is 6.58. The SMILES string of the molecule is O=C(Cc1cccs1)N1CC(Oc2ncccc2Br)C1. The number of aromatic nitrogens is 1. The number of rotatable bonds is 4. The van der Waals surface area contributed by atoms with Crippen LogP contribution in [0.5, 0.6) is 5.88 Å². The van der Waals surface area contributed by atoms with Crippen molar-refractivity contribution >= 4 is 33.2 Å². The van der Waals surface area contributed by atoms with E-state index in [9.17, 15) is 4.79 Å². The number of halogens is 1. The maximum absolute atomic E-state index is 12.0. The lowest BCUT2D eigenvalue weighted by Crippen LogP contribution is -2.56. The summed E-state index contributed by atoms with van der Waals surface area (Å²) >= 11 is 5.01. The zero-order chi connectivity index (χ0) is 13.9. The van der Waals surface area contributed by atoms with E-state index in [-0.39, 0.29) is 12.0 Å². The van der Waals surface area contributed by atoms with Gasteiger partial charge < -0.3 is 9.64 Å². The summed E-state index contributed by atoms with van der Waals surface area (Å²) in [6, 6.07) is 7.69. The highest BCUT2D eigenvalue weighted by molar-refractivity contribution is 9.10. The van der Waals surface area contributed by atoms with Gasteiger partial charge in [0.1, 0.15) is 6.10 Å². The molecule has 6 heteroatoms. The highest BCUT2D eigenvalue weighted by Crippen LogP contribution is 2.24. The van der Waals surface area contributed by atoms with Crippen LogP contribution >= 0.6 is 27.3 Å². The minimum atomic E-state index is 0.0356. The zero-order valence-corrected chi connectivity index (χ0v) is 13.1. The smallest absolute Gasteiger partial charge is 0.228 e. The fourth-order valence-electron chi connectivity index (χ4n) is 2.01. The predicted octanol–water partition coefficient (Wildman–Crippen LogP) is 2.74. The molecular weight excluding hydrogens is 340 g/mol. The standard InChI is InChI=1S/C14H13BrN2O2S/c15-12-4-1-5-16-14(12)19-10-8-17(9-10)13(18)7-11-3-2-6-20-11/h1-6,10H,7-9H2. The summed E-state index contributed by atoms with van der Waals surface area (Å²) in [5.74, 6) is 0.746. The summed E-state index contributed by atoms with van der Waals surface area (Å²) in [6.45, 7) is 1.26. The van der Waals surface area contributed by atoms with Gasteiger partial charge in [0.2, 0.25) is 11.8 Å². The van der Waals surface area contributed by atoms with Crippen molar-refractivity contribution in [2.75, 3.05) is 13.1 Å². The van der Waals surface area contributed by atoms with E-state index in [0.717, 1.165) is 9.35 Å². The molecule has 1 aliphatic rings. The summed E-state index contributed by atoms with van der Waals surface area (Å²) in [5, 5.41) is 1.99. The van der Waals surface area contributed by atoms with Crippen LogP contribution in [0.3, 0.4) is 0 Å². The second-order valence-electron chi connectivity index (χ2n) is 4.59. The average Bonchev–Trinajstić information content (AvgIpc) is 2.88. The molecule has 1 fully saturated rings. The molecule has 0 atom stereocenters. The molecule has 0 saturated carbocycles. The summed E-state index contributed by atoms with van der Waals surface area (Å²) in [5.41, 5.74) is 0. The molecule has 1 amide bonds. The lowest BCUT2D eigenvalue weighted by atomic mass is 10.1. The molecular formula is C14H13BrN2O2S. The van der Waals surface area contributed by atoms with Crippen molar-refractivity contribution in [1.29, 1.82) is 0 Å². The van der Waals surface area contributed by atoms with Crippen LogP contribution in [0.25, 0.3) is 0 Å². The first-order valence-corrected chi connectivity index (χ1v) is 7.97. The number of likely N-dealkylation sites (tertiary alicyclic amines) is 1. The minimum Gasteiger partial charge on any atom is -0.470 e. The van der Waals surface area contributed by atoms with Gasteiger partial charge in [0.15, 0.2) is 0 Å². The Labute approximate surface area is 129 Å². The fraction of sp³-hybridized carbons (Fsp3) is 0.286. The molecule has 3 rings (SSSR count). The lowest BCUT2D eigenvalue weighted by Gasteiger charge is -2.38. The van der Waals surface area contributed by atoms with Crippen LogP contribution < -0.4 is 4.74 Å². The number of nitrogens with zero attached hydrogens (tertiary/aromatic N) is 2. The number of thiophene rings is 1. The van der Waals surface area contributed by atoms with Crippen LogP contribution in [-0.2, 0) is 11.2 Å². The molecule has 2 aromatic heterocycles. The first-order chi connectivity index (χ1) is 9.72. The van der Waals surface area contributed by atoms with E-state index >= 15 is 0 Å². The summed E-state index contributed by atoms with van der Waals surface area (Å²) in [6.07, 6.45) is 2.21. The number of ether oxygens (including phenoxy) is 1. The van der Waals surface area contributed by atoms with Gasteiger partial charge in [-0.2, -0.15) is 0 Å². The van der Waals surface area contributed by atoms with Gasteiger partial charge in [0.25, 0.3) is 0 Å². The molecule has 2 aromatic rings. The molecule has 1 saturated heterocycles. The van der Waals surface area contributed by atoms with Gasteiger partial charge in [-0.3, -0.25) is 4.79 Å². The molecule has 0 aliphatic carbocycles. The Morgan fingerprint density at radius 1 is 1.45 bits per heavy atom. The summed E-state index contributed by atoms with van der Waals surface area (Å²) in [4.78, 5) is 19.1. The monoisotopic (exact) mass is 352 g/mol. The van der Waals surface area contributed by atoms with Gasteiger partial charge in [-0.05, 0) is 39.5 Å². The number of hydrogen-bond donors (Lipinski definition) is 0. The highest BCUT2D eigenvalue weighted by Gasteiger charge is 2.32. The zero-order valence-electron chi connectivity index (χ0n) is 10.7. The average molecular weight is 353 g/mol. The van der Waals surface area contributed by atoms with Gasteiger partial charge in [-0.1, -0.05) is 6.07 Å². The van der Waals surface area contributed by atoms with E-state index in [4.69, 9.17) is 4.74 Å².